The van der Waals surface area contributed by atoms with Gasteiger partial charge in [-0.3, -0.25) is 9.59 Å². The average molecular weight is 464 g/mol. The Hall–Kier alpha value is -3.71. The molecule has 0 aliphatic heterocycles. The Labute approximate surface area is 182 Å². The van der Waals surface area contributed by atoms with Crippen LogP contribution in [-0.4, -0.2) is 23.1 Å². The minimum Gasteiger partial charge on any atom is -0.507 e. The number of halogens is 1. The third-order valence-corrected chi connectivity index (χ3v) is 4.49. The van der Waals surface area contributed by atoms with E-state index in [2.05, 4.69) is 31.8 Å². The molecule has 0 bridgehead atoms. The fraction of sp³-hybridized carbons (Fsp3) is 0. The number of rotatable bonds is 6. The zero-order valence-corrected chi connectivity index (χ0v) is 17.3. The number of nitrogens with zero attached hydrogens (tertiary/aromatic N) is 1. The second-order valence-corrected chi connectivity index (χ2v) is 7.13. The van der Waals surface area contributed by atoms with Gasteiger partial charge >= 0.3 is 0 Å². The monoisotopic (exact) mass is 463 g/mol. The van der Waals surface area contributed by atoms with Crippen LogP contribution in [0.4, 0.5) is 5.69 Å². The Morgan fingerprint density at radius 3 is 2.43 bits per heavy atom. The molecule has 0 atom stereocenters. The second-order valence-electron chi connectivity index (χ2n) is 6.21. The maximum Gasteiger partial charge on any atom is 0.271 e. The quantitative estimate of drug-likeness (QED) is 0.284. The van der Waals surface area contributed by atoms with Crippen LogP contribution in [0.5, 0.6) is 5.75 Å². The molecule has 0 saturated heterocycles. The highest BCUT2D eigenvalue weighted by Gasteiger charge is 2.05. The van der Waals surface area contributed by atoms with Crippen molar-refractivity contribution in [3.05, 3.63) is 100 Å². The number of carbonyl (C=O) groups is 2. The van der Waals surface area contributed by atoms with Gasteiger partial charge in [-0.15, -0.1) is 0 Å². The molecule has 0 saturated carbocycles. The molecule has 2 amide bonds. The third kappa shape index (κ3) is 6.15. The summed E-state index contributed by atoms with van der Waals surface area (Å²) in [5, 5.41) is 16.4. The van der Waals surface area contributed by atoms with E-state index in [4.69, 9.17) is 0 Å². The van der Waals surface area contributed by atoms with Gasteiger partial charge < -0.3 is 10.4 Å². The fourth-order valence-corrected chi connectivity index (χ4v) is 2.86. The molecule has 0 spiro atoms. The van der Waals surface area contributed by atoms with Gasteiger partial charge in [0.1, 0.15) is 5.75 Å². The standard InChI is InChI=1S/C23H18BrN3O3/c24-19-9-12-21(28)18(14-19)15-25-27-23(30)17-7-10-20(11-8-17)26-22(29)13-6-16-4-2-1-3-5-16/h1-15,28H,(H,26,29)(H,27,30)/b13-6+,25-15-. The van der Waals surface area contributed by atoms with Gasteiger partial charge in [0.25, 0.3) is 5.91 Å². The van der Waals surface area contributed by atoms with Crippen molar-refractivity contribution >= 4 is 45.7 Å². The van der Waals surface area contributed by atoms with E-state index >= 15 is 0 Å². The maximum absolute atomic E-state index is 12.2. The third-order valence-electron chi connectivity index (χ3n) is 4.00. The smallest absolute Gasteiger partial charge is 0.271 e. The lowest BCUT2D eigenvalue weighted by Crippen LogP contribution is -2.17. The summed E-state index contributed by atoms with van der Waals surface area (Å²) in [6.07, 6.45) is 4.52. The number of hydrogen-bond donors (Lipinski definition) is 3. The number of benzene rings is 3. The lowest BCUT2D eigenvalue weighted by Gasteiger charge is -2.04. The molecule has 3 aromatic rings. The first-order chi connectivity index (χ1) is 14.5. The normalized spacial score (nSPS) is 11.0. The van der Waals surface area contributed by atoms with E-state index in [1.165, 1.54) is 18.4 Å². The molecule has 7 heteroatoms. The van der Waals surface area contributed by atoms with E-state index in [1.807, 2.05) is 30.3 Å². The predicted octanol–water partition coefficient (Wildman–Crippen LogP) is 4.57. The van der Waals surface area contributed by atoms with Gasteiger partial charge in [0.05, 0.1) is 6.21 Å². The largest absolute Gasteiger partial charge is 0.507 e. The summed E-state index contributed by atoms with van der Waals surface area (Å²) in [5.74, 6) is -0.630. The van der Waals surface area contributed by atoms with E-state index in [0.29, 0.717) is 16.8 Å². The predicted molar refractivity (Wildman–Crippen MR) is 121 cm³/mol. The summed E-state index contributed by atoms with van der Waals surface area (Å²) < 4.78 is 0.782. The molecule has 0 fully saturated rings. The summed E-state index contributed by atoms with van der Waals surface area (Å²) >= 11 is 3.30. The molecule has 0 heterocycles. The summed E-state index contributed by atoms with van der Waals surface area (Å²) in [7, 11) is 0. The number of hydrazone groups is 1. The topological polar surface area (TPSA) is 90.8 Å². The zero-order valence-electron chi connectivity index (χ0n) is 15.7. The number of hydrogen-bond acceptors (Lipinski definition) is 4. The van der Waals surface area contributed by atoms with Crippen LogP contribution in [0.1, 0.15) is 21.5 Å². The van der Waals surface area contributed by atoms with Crippen molar-refractivity contribution in [1.29, 1.82) is 0 Å². The van der Waals surface area contributed by atoms with Crippen LogP contribution < -0.4 is 10.7 Å². The van der Waals surface area contributed by atoms with Crippen molar-refractivity contribution in [2.75, 3.05) is 5.32 Å². The van der Waals surface area contributed by atoms with Crippen molar-refractivity contribution in [3.8, 4) is 5.75 Å². The van der Waals surface area contributed by atoms with Gasteiger partial charge in [-0.05, 0) is 54.1 Å². The molecule has 0 unspecified atom stereocenters. The summed E-state index contributed by atoms with van der Waals surface area (Å²) in [6, 6.07) is 20.8. The first-order valence-electron chi connectivity index (χ1n) is 8.97. The van der Waals surface area contributed by atoms with Gasteiger partial charge in [-0.25, -0.2) is 5.43 Å². The Morgan fingerprint density at radius 1 is 0.967 bits per heavy atom. The van der Waals surface area contributed by atoms with Crippen molar-refractivity contribution in [1.82, 2.24) is 5.43 Å². The Bertz CT molecular complexity index is 1090. The van der Waals surface area contributed by atoms with Crippen LogP contribution in [0.2, 0.25) is 0 Å². The molecule has 0 aliphatic carbocycles. The molecule has 3 N–H and O–H groups in total. The highest BCUT2D eigenvalue weighted by atomic mass is 79.9. The molecule has 6 nitrogen and oxygen atoms in total. The average Bonchev–Trinajstić information content (AvgIpc) is 2.76. The van der Waals surface area contributed by atoms with Crippen molar-refractivity contribution in [3.63, 3.8) is 0 Å². The van der Waals surface area contributed by atoms with Crippen molar-refractivity contribution in [2.45, 2.75) is 0 Å². The molecule has 3 aromatic carbocycles. The second kappa shape index (κ2) is 10.2. The highest BCUT2D eigenvalue weighted by molar-refractivity contribution is 9.10. The van der Waals surface area contributed by atoms with E-state index in [1.54, 1.807) is 42.5 Å². The van der Waals surface area contributed by atoms with E-state index in [9.17, 15) is 14.7 Å². The van der Waals surface area contributed by atoms with Crippen molar-refractivity contribution < 1.29 is 14.7 Å². The minimum absolute atomic E-state index is 0.0533. The van der Waals surface area contributed by atoms with Crippen LogP contribution in [0.25, 0.3) is 6.08 Å². The highest BCUT2D eigenvalue weighted by Crippen LogP contribution is 2.20. The summed E-state index contributed by atoms with van der Waals surface area (Å²) in [6.45, 7) is 0. The number of amides is 2. The van der Waals surface area contributed by atoms with Crippen LogP contribution in [0.3, 0.4) is 0 Å². The first kappa shape index (κ1) is 21.0. The van der Waals surface area contributed by atoms with Crippen LogP contribution in [-0.2, 0) is 4.79 Å². The number of anilines is 1. The SMILES string of the molecule is O=C(/C=C/c1ccccc1)Nc1ccc(C(=O)N/N=C\c2cc(Br)ccc2O)cc1. The Morgan fingerprint density at radius 2 is 1.70 bits per heavy atom. The fourth-order valence-electron chi connectivity index (χ4n) is 2.48. The molecular formula is C23H18BrN3O3. The molecule has 3 rings (SSSR count). The van der Waals surface area contributed by atoms with Gasteiger partial charge in [-0.2, -0.15) is 5.10 Å². The number of aromatic hydroxyl groups is 1. The number of carbonyl (C=O) groups excluding carboxylic acids is 2. The van der Waals surface area contributed by atoms with Gasteiger partial charge in [0.15, 0.2) is 0 Å². The lowest BCUT2D eigenvalue weighted by atomic mass is 10.2. The molecule has 0 aromatic heterocycles. The number of nitrogens with one attached hydrogen (secondary N) is 2. The summed E-state index contributed by atoms with van der Waals surface area (Å²) in [4.78, 5) is 24.2. The molecule has 150 valence electrons. The first-order valence-corrected chi connectivity index (χ1v) is 9.77. The minimum atomic E-state index is -0.414. The van der Waals surface area contributed by atoms with E-state index < -0.39 is 5.91 Å². The molecule has 30 heavy (non-hydrogen) atoms. The molecular weight excluding hydrogens is 446 g/mol. The zero-order chi connectivity index (χ0) is 21.3. The van der Waals surface area contributed by atoms with Crippen LogP contribution in [0, 0.1) is 0 Å². The van der Waals surface area contributed by atoms with Crippen molar-refractivity contribution in [2.24, 2.45) is 5.10 Å². The Balaban J connectivity index is 1.55. The lowest BCUT2D eigenvalue weighted by molar-refractivity contribution is -0.111. The van der Waals surface area contributed by atoms with Gasteiger partial charge in [-0.1, -0.05) is 46.3 Å². The van der Waals surface area contributed by atoms with Gasteiger partial charge in [0.2, 0.25) is 5.91 Å². The van der Waals surface area contributed by atoms with E-state index in [0.717, 1.165) is 10.0 Å². The Kier molecular flexibility index (Phi) is 7.13. The molecule has 0 aliphatic rings. The molecule has 0 radical (unpaired) electrons. The maximum atomic E-state index is 12.2. The number of phenolic OH excluding ortho intramolecular Hbond substituents is 1. The van der Waals surface area contributed by atoms with E-state index in [-0.39, 0.29) is 11.7 Å². The van der Waals surface area contributed by atoms with Crippen LogP contribution in [0.15, 0.2) is 88.4 Å². The summed E-state index contributed by atoms with van der Waals surface area (Å²) in [5.41, 5.74) is 4.73. The van der Waals surface area contributed by atoms with Gasteiger partial charge in [0, 0.05) is 27.4 Å². The van der Waals surface area contributed by atoms with Crippen LogP contribution >= 0.6 is 15.9 Å². The number of phenols is 1.